The normalized spacial score (nSPS) is 14.6. The average Bonchev–Trinajstić information content (AvgIpc) is 3.31. The lowest BCUT2D eigenvalue weighted by molar-refractivity contribution is 0.312. The van der Waals surface area contributed by atoms with Crippen LogP contribution in [0.25, 0.3) is 11.5 Å². The number of rotatable bonds is 7. The van der Waals surface area contributed by atoms with Crippen molar-refractivity contribution in [2.24, 2.45) is 4.99 Å². The van der Waals surface area contributed by atoms with Crippen LogP contribution >= 0.6 is 24.0 Å². The molecule has 0 spiro atoms. The van der Waals surface area contributed by atoms with Crippen molar-refractivity contribution in [3.63, 3.8) is 0 Å². The number of benzene rings is 1. The van der Waals surface area contributed by atoms with Gasteiger partial charge < -0.3 is 24.9 Å². The molecule has 1 fully saturated rings. The SMILES string of the molecule is CCNC(=NCc1ccc(N2CCN(C)CC2)nc1)NCc1coc(-c2ccc(C)cc2)n1.I. The van der Waals surface area contributed by atoms with Crippen LogP contribution in [-0.4, -0.2) is 60.6 Å². The Morgan fingerprint density at radius 2 is 1.82 bits per heavy atom. The molecule has 0 atom stereocenters. The predicted octanol–water partition coefficient (Wildman–Crippen LogP) is 3.67. The maximum absolute atomic E-state index is 5.65. The number of likely N-dealkylation sites (N-methyl/N-ethyl adjacent to an activating group) is 1. The van der Waals surface area contributed by atoms with Crippen LogP contribution in [0.2, 0.25) is 0 Å². The Labute approximate surface area is 218 Å². The monoisotopic (exact) mass is 575 g/mol. The third-order valence-corrected chi connectivity index (χ3v) is 5.69. The van der Waals surface area contributed by atoms with E-state index in [1.807, 2.05) is 18.3 Å². The fourth-order valence-electron chi connectivity index (χ4n) is 3.64. The van der Waals surface area contributed by atoms with Crippen molar-refractivity contribution < 1.29 is 4.42 Å². The van der Waals surface area contributed by atoms with E-state index in [0.29, 0.717) is 19.0 Å². The van der Waals surface area contributed by atoms with E-state index in [2.05, 4.69) is 75.6 Å². The zero-order valence-corrected chi connectivity index (χ0v) is 22.5. The first kappa shape index (κ1) is 26.0. The van der Waals surface area contributed by atoms with Gasteiger partial charge in [-0.05, 0) is 44.7 Å². The second kappa shape index (κ2) is 12.7. The number of nitrogens with zero attached hydrogens (tertiary/aromatic N) is 5. The van der Waals surface area contributed by atoms with Crippen LogP contribution < -0.4 is 15.5 Å². The number of halogens is 1. The number of hydrogen-bond acceptors (Lipinski definition) is 6. The maximum atomic E-state index is 5.65. The molecule has 3 aromatic rings. The van der Waals surface area contributed by atoms with Gasteiger partial charge in [0.25, 0.3) is 0 Å². The Bertz CT molecular complexity index is 1040. The zero-order chi connectivity index (χ0) is 23.0. The lowest BCUT2D eigenvalue weighted by atomic mass is 10.1. The minimum Gasteiger partial charge on any atom is -0.444 e. The van der Waals surface area contributed by atoms with Gasteiger partial charge in [0.1, 0.15) is 12.1 Å². The van der Waals surface area contributed by atoms with Crippen molar-refractivity contribution in [3.8, 4) is 11.5 Å². The minimum absolute atomic E-state index is 0. The van der Waals surface area contributed by atoms with Crippen LogP contribution in [-0.2, 0) is 13.1 Å². The quantitative estimate of drug-likeness (QED) is 0.253. The van der Waals surface area contributed by atoms with Gasteiger partial charge in [0.15, 0.2) is 5.96 Å². The van der Waals surface area contributed by atoms with Crippen LogP contribution in [0.15, 0.2) is 58.3 Å². The van der Waals surface area contributed by atoms with Gasteiger partial charge in [0, 0.05) is 44.5 Å². The first-order valence-electron chi connectivity index (χ1n) is 11.5. The number of piperazine rings is 1. The number of aliphatic imine (C=N–C) groups is 1. The second-order valence-electron chi connectivity index (χ2n) is 8.37. The summed E-state index contributed by atoms with van der Waals surface area (Å²) in [6.45, 7) is 10.2. The number of guanidine groups is 1. The highest BCUT2D eigenvalue weighted by Crippen LogP contribution is 2.19. The number of pyridine rings is 1. The van der Waals surface area contributed by atoms with Crippen LogP contribution in [0.3, 0.4) is 0 Å². The predicted molar refractivity (Wildman–Crippen MR) is 148 cm³/mol. The number of nitrogens with one attached hydrogen (secondary N) is 2. The molecule has 182 valence electrons. The molecule has 1 aromatic carbocycles. The lowest BCUT2D eigenvalue weighted by Crippen LogP contribution is -2.44. The van der Waals surface area contributed by atoms with Gasteiger partial charge >= 0.3 is 0 Å². The Morgan fingerprint density at radius 3 is 2.50 bits per heavy atom. The Balaban J connectivity index is 0.00000324. The fraction of sp³-hybridized carbons (Fsp3) is 0.400. The molecular formula is C25H34IN7O. The van der Waals surface area contributed by atoms with Crippen molar-refractivity contribution in [1.82, 2.24) is 25.5 Å². The van der Waals surface area contributed by atoms with Crippen molar-refractivity contribution >= 4 is 35.8 Å². The molecule has 3 heterocycles. The molecule has 0 amide bonds. The van der Waals surface area contributed by atoms with Gasteiger partial charge in [-0.1, -0.05) is 23.8 Å². The number of aryl methyl sites for hydroxylation is 1. The van der Waals surface area contributed by atoms with E-state index in [0.717, 1.165) is 61.3 Å². The molecule has 1 saturated heterocycles. The van der Waals surface area contributed by atoms with Crippen LogP contribution in [0.4, 0.5) is 5.82 Å². The fourth-order valence-corrected chi connectivity index (χ4v) is 3.64. The summed E-state index contributed by atoms with van der Waals surface area (Å²) in [4.78, 5) is 18.6. The molecule has 2 aromatic heterocycles. The smallest absolute Gasteiger partial charge is 0.226 e. The minimum atomic E-state index is 0. The van der Waals surface area contributed by atoms with Crippen LogP contribution in [0, 0.1) is 6.92 Å². The molecule has 34 heavy (non-hydrogen) atoms. The highest BCUT2D eigenvalue weighted by Gasteiger charge is 2.15. The highest BCUT2D eigenvalue weighted by atomic mass is 127. The summed E-state index contributed by atoms with van der Waals surface area (Å²) in [7, 11) is 2.16. The third-order valence-electron chi connectivity index (χ3n) is 5.69. The zero-order valence-electron chi connectivity index (χ0n) is 20.1. The Hall–Kier alpha value is -2.66. The Morgan fingerprint density at radius 1 is 1.06 bits per heavy atom. The number of hydrogen-bond donors (Lipinski definition) is 2. The van der Waals surface area contributed by atoms with E-state index in [1.54, 1.807) is 6.26 Å². The molecule has 8 nitrogen and oxygen atoms in total. The summed E-state index contributed by atoms with van der Waals surface area (Å²) in [6.07, 6.45) is 3.61. The van der Waals surface area contributed by atoms with Crippen molar-refractivity contribution in [1.29, 1.82) is 0 Å². The topological polar surface area (TPSA) is 81.8 Å². The van der Waals surface area contributed by atoms with E-state index in [-0.39, 0.29) is 24.0 Å². The molecule has 9 heteroatoms. The summed E-state index contributed by atoms with van der Waals surface area (Å²) < 4.78 is 5.65. The van der Waals surface area contributed by atoms with Crippen molar-refractivity contribution in [3.05, 3.63) is 65.7 Å². The molecule has 0 saturated carbocycles. The summed E-state index contributed by atoms with van der Waals surface area (Å²) in [6, 6.07) is 12.4. The molecule has 0 bridgehead atoms. The molecule has 4 rings (SSSR count). The van der Waals surface area contributed by atoms with Gasteiger partial charge in [-0.15, -0.1) is 24.0 Å². The standard InChI is InChI=1S/C25H33N7O.HI/c1-4-26-25(29-17-22-18-33-24(30-22)21-8-5-19(2)6-9-21)28-16-20-7-10-23(27-15-20)32-13-11-31(3)12-14-32;/h5-10,15,18H,4,11-14,16-17H2,1-3H3,(H2,26,28,29);1H. The summed E-state index contributed by atoms with van der Waals surface area (Å²) in [5.74, 6) is 2.40. The lowest BCUT2D eigenvalue weighted by Gasteiger charge is -2.33. The number of anilines is 1. The van der Waals surface area contributed by atoms with Crippen molar-refractivity contribution in [2.45, 2.75) is 26.9 Å². The molecule has 0 radical (unpaired) electrons. The van der Waals surface area contributed by atoms with E-state index < -0.39 is 0 Å². The maximum Gasteiger partial charge on any atom is 0.226 e. The third kappa shape index (κ3) is 7.17. The molecule has 1 aliphatic rings. The Kier molecular flexibility index (Phi) is 9.70. The first-order chi connectivity index (χ1) is 16.1. The van der Waals surface area contributed by atoms with Crippen LogP contribution in [0.5, 0.6) is 0 Å². The average molecular weight is 575 g/mol. The second-order valence-corrected chi connectivity index (χ2v) is 8.37. The number of aromatic nitrogens is 2. The molecule has 0 unspecified atom stereocenters. The van der Waals surface area contributed by atoms with E-state index in [9.17, 15) is 0 Å². The van der Waals surface area contributed by atoms with E-state index in [4.69, 9.17) is 9.41 Å². The van der Waals surface area contributed by atoms with E-state index >= 15 is 0 Å². The van der Waals surface area contributed by atoms with Gasteiger partial charge in [-0.25, -0.2) is 15.0 Å². The van der Waals surface area contributed by atoms with Crippen molar-refractivity contribution in [2.75, 3.05) is 44.7 Å². The number of oxazole rings is 1. The molecular weight excluding hydrogens is 541 g/mol. The van der Waals surface area contributed by atoms with Gasteiger partial charge in [-0.2, -0.15) is 0 Å². The first-order valence-corrected chi connectivity index (χ1v) is 11.5. The van der Waals surface area contributed by atoms with E-state index in [1.165, 1.54) is 5.56 Å². The highest BCUT2D eigenvalue weighted by molar-refractivity contribution is 14.0. The van der Waals surface area contributed by atoms with Gasteiger partial charge in [0.05, 0.1) is 18.8 Å². The summed E-state index contributed by atoms with van der Waals surface area (Å²) >= 11 is 0. The largest absolute Gasteiger partial charge is 0.444 e. The molecule has 0 aliphatic carbocycles. The van der Waals surface area contributed by atoms with Crippen LogP contribution in [0.1, 0.15) is 23.7 Å². The molecule has 1 aliphatic heterocycles. The molecule has 2 N–H and O–H groups in total. The summed E-state index contributed by atoms with van der Waals surface area (Å²) in [5, 5.41) is 6.61. The summed E-state index contributed by atoms with van der Waals surface area (Å²) in [5.41, 5.74) is 4.09. The van der Waals surface area contributed by atoms with Gasteiger partial charge in [-0.3, -0.25) is 0 Å². The van der Waals surface area contributed by atoms with Gasteiger partial charge in [0.2, 0.25) is 5.89 Å².